The minimum absolute atomic E-state index is 0.172. The Morgan fingerprint density at radius 2 is 2.04 bits per heavy atom. The minimum Gasteiger partial charge on any atom is -0.468 e. The normalized spacial score (nSPS) is 20.4. The molecule has 1 aliphatic heterocycles. The van der Waals surface area contributed by atoms with Crippen LogP contribution in [0.15, 0.2) is 35.6 Å². The van der Waals surface area contributed by atoms with E-state index in [1.165, 1.54) is 39.2 Å². The number of esters is 1. The van der Waals surface area contributed by atoms with Gasteiger partial charge in [-0.2, -0.15) is 0 Å². The number of nitro benzene ring substituents is 1. The maximum Gasteiger partial charge on any atom is 0.319 e. The number of nitrogens with one attached hydrogen (secondary N) is 1. The molecule has 0 spiro atoms. The lowest BCUT2D eigenvalue weighted by atomic mass is 9.76. The molecule has 1 aliphatic rings. The first-order valence-electron chi connectivity index (χ1n) is 7.08. The smallest absolute Gasteiger partial charge is 0.319 e. The Morgan fingerprint density at radius 1 is 1.38 bits per heavy atom. The van der Waals surface area contributed by atoms with Crippen LogP contribution in [-0.4, -0.2) is 29.7 Å². The third-order valence-corrected chi connectivity index (χ3v) is 3.84. The fourth-order valence-corrected chi connectivity index (χ4v) is 2.85. The van der Waals surface area contributed by atoms with Crippen LogP contribution >= 0.6 is 0 Å². The van der Waals surface area contributed by atoms with Crippen LogP contribution in [0.4, 0.5) is 5.69 Å². The van der Waals surface area contributed by atoms with E-state index in [2.05, 4.69) is 0 Å². The highest BCUT2D eigenvalue weighted by Gasteiger charge is 2.44. The maximum atomic E-state index is 12.1. The summed E-state index contributed by atoms with van der Waals surface area (Å²) in [5.41, 5.74) is 0.397. The average molecular weight is 332 g/mol. The van der Waals surface area contributed by atoms with Crippen LogP contribution < -0.4 is 0 Å². The summed E-state index contributed by atoms with van der Waals surface area (Å²) in [7, 11) is 1.17. The zero-order valence-corrected chi connectivity index (χ0v) is 13.4. The first-order chi connectivity index (χ1) is 11.3. The van der Waals surface area contributed by atoms with Gasteiger partial charge in [0.15, 0.2) is 5.78 Å². The lowest BCUT2D eigenvalue weighted by Crippen LogP contribution is -2.38. The monoisotopic (exact) mass is 332 g/mol. The lowest BCUT2D eigenvalue weighted by molar-refractivity contribution is -0.384. The molecule has 8 nitrogen and oxygen atoms in total. The highest BCUT2D eigenvalue weighted by molar-refractivity contribution is 6.05. The number of allylic oxidation sites excluding steroid dienone is 2. The van der Waals surface area contributed by atoms with E-state index in [0.29, 0.717) is 5.56 Å². The highest BCUT2D eigenvalue weighted by Crippen LogP contribution is 2.41. The number of nitro groups is 1. The SMILES string of the molecule is COC(=O)C1C(=N)OC(C)=C(C(C)=O)C1c1cccc([N+](=O)[O-])c1. The molecule has 0 radical (unpaired) electrons. The van der Waals surface area contributed by atoms with Gasteiger partial charge < -0.3 is 9.47 Å². The summed E-state index contributed by atoms with van der Waals surface area (Å²) in [6, 6.07) is 5.64. The Morgan fingerprint density at radius 3 is 2.58 bits per heavy atom. The molecule has 2 rings (SSSR count). The number of rotatable bonds is 4. The van der Waals surface area contributed by atoms with Gasteiger partial charge in [-0.25, -0.2) is 0 Å². The molecule has 0 bridgehead atoms. The van der Waals surface area contributed by atoms with Crippen LogP contribution in [0.3, 0.4) is 0 Å². The number of methoxy groups -OCH3 is 1. The molecule has 0 amide bonds. The number of benzene rings is 1. The lowest BCUT2D eigenvalue weighted by Gasteiger charge is -2.32. The Hall–Kier alpha value is -3.03. The second-order valence-electron chi connectivity index (χ2n) is 5.32. The molecule has 0 saturated heterocycles. The van der Waals surface area contributed by atoms with Crippen molar-refractivity contribution in [1.82, 2.24) is 0 Å². The van der Waals surface area contributed by atoms with Gasteiger partial charge in [0, 0.05) is 23.6 Å². The van der Waals surface area contributed by atoms with E-state index < -0.39 is 22.7 Å². The highest BCUT2D eigenvalue weighted by atomic mass is 16.6. The number of non-ortho nitro benzene ring substituents is 1. The van der Waals surface area contributed by atoms with Crippen molar-refractivity contribution in [3.8, 4) is 0 Å². The first-order valence-corrected chi connectivity index (χ1v) is 7.08. The van der Waals surface area contributed by atoms with Crippen LogP contribution in [-0.2, 0) is 19.1 Å². The van der Waals surface area contributed by atoms with Crippen molar-refractivity contribution in [2.45, 2.75) is 19.8 Å². The molecule has 0 aromatic heterocycles. The molecule has 8 heteroatoms. The van der Waals surface area contributed by atoms with E-state index in [-0.39, 0.29) is 28.7 Å². The van der Waals surface area contributed by atoms with Crippen molar-refractivity contribution in [3.05, 3.63) is 51.3 Å². The van der Waals surface area contributed by atoms with Crippen molar-refractivity contribution in [2.75, 3.05) is 7.11 Å². The van der Waals surface area contributed by atoms with Gasteiger partial charge >= 0.3 is 5.97 Å². The molecule has 1 N–H and O–H groups in total. The van der Waals surface area contributed by atoms with Gasteiger partial charge in [-0.1, -0.05) is 12.1 Å². The second kappa shape index (κ2) is 6.61. The van der Waals surface area contributed by atoms with Gasteiger partial charge in [-0.15, -0.1) is 0 Å². The summed E-state index contributed by atoms with van der Waals surface area (Å²) in [5, 5.41) is 19.0. The fraction of sp³-hybridized carbons (Fsp3) is 0.312. The average Bonchev–Trinajstić information content (AvgIpc) is 2.53. The summed E-state index contributed by atoms with van der Waals surface area (Å²) < 4.78 is 9.96. The second-order valence-corrected chi connectivity index (χ2v) is 5.32. The predicted octanol–water partition coefficient (Wildman–Crippen LogP) is 2.34. The molecule has 1 heterocycles. The van der Waals surface area contributed by atoms with Crippen LogP contribution in [0.1, 0.15) is 25.3 Å². The van der Waals surface area contributed by atoms with Gasteiger partial charge in [0.2, 0.25) is 5.90 Å². The number of ether oxygens (including phenoxy) is 2. The summed E-state index contributed by atoms with van der Waals surface area (Å²) >= 11 is 0. The Balaban J connectivity index is 2.69. The molecule has 1 aromatic rings. The van der Waals surface area contributed by atoms with Crippen LogP contribution in [0.25, 0.3) is 0 Å². The third kappa shape index (κ3) is 3.03. The largest absolute Gasteiger partial charge is 0.468 e. The Kier molecular flexibility index (Phi) is 4.77. The van der Waals surface area contributed by atoms with Gasteiger partial charge in [-0.3, -0.25) is 25.1 Å². The molecule has 0 saturated carbocycles. The topological polar surface area (TPSA) is 120 Å². The summed E-state index contributed by atoms with van der Waals surface area (Å²) in [6.45, 7) is 2.83. The number of hydrogen-bond donors (Lipinski definition) is 1. The summed E-state index contributed by atoms with van der Waals surface area (Å²) in [4.78, 5) is 34.7. The van der Waals surface area contributed by atoms with E-state index >= 15 is 0 Å². The number of nitrogens with zero attached hydrogens (tertiary/aromatic N) is 1. The van der Waals surface area contributed by atoms with Gasteiger partial charge in [0.25, 0.3) is 5.69 Å². The van der Waals surface area contributed by atoms with Gasteiger partial charge in [0.05, 0.1) is 12.0 Å². The Labute approximate surface area is 137 Å². The molecule has 0 aliphatic carbocycles. The summed E-state index contributed by atoms with van der Waals surface area (Å²) in [5.74, 6) is -3.31. The minimum atomic E-state index is -1.18. The van der Waals surface area contributed by atoms with E-state index in [1.807, 2.05) is 0 Å². The van der Waals surface area contributed by atoms with Gasteiger partial charge in [-0.05, 0) is 19.4 Å². The van der Waals surface area contributed by atoms with Crippen molar-refractivity contribution >= 4 is 23.3 Å². The van der Waals surface area contributed by atoms with E-state index in [9.17, 15) is 19.7 Å². The molecular weight excluding hydrogens is 316 g/mol. The number of carbonyl (C=O) groups is 2. The Bertz CT molecular complexity index is 768. The van der Waals surface area contributed by atoms with Crippen molar-refractivity contribution < 1.29 is 24.0 Å². The molecule has 126 valence electrons. The van der Waals surface area contributed by atoms with Crippen molar-refractivity contribution in [3.63, 3.8) is 0 Å². The standard InChI is InChI=1S/C16H16N2O6/c1-8(19)12-9(2)24-15(17)14(16(20)23-3)13(12)10-5-4-6-11(7-10)18(21)22/h4-7,13-14,17H,1-3H3. The van der Waals surface area contributed by atoms with Crippen LogP contribution in [0.5, 0.6) is 0 Å². The molecule has 2 unspecified atom stereocenters. The van der Waals surface area contributed by atoms with E-state index in [4.69, 9.17) is 14.9 Å². The van der Waals surface area contributed by atoms with Crippen LogP contribution in [0.2, 0.25) is 0 Å². The number of ketones is 1. The number of carbonyl (C=O) groups excluding carboxylic acids is 2. The molecule has 0 fully saturated rings. The third-order valence-electron chi connectivity index (χ3n) is 3.84. The van der Waals surface area contributed by atoms with Crippen molar-refractivity contribution in [2.24, 2.45) is 5.92 Å². The first kappa shape index (κ1) is 17.3. The summed E-state index contributed by atoms with van der Waals surface area (Å²) in [6.07, 6.45) is 0. The van der Waals surface area contributed by atoms with E-state index in [0.717, 1.165) is 0 Å². The quantitative estimate of drug-likeness (QED) is 0.513. The number of Topliss-reactive ketones (excluding diaryl/α,β-unsaturated/α-hetero) is 1. The fourth-order valence-electron chi connectivity index (χ4n) is 2.85. The zero-order chi connectivity index (χ0) is 18.0. The molecular formula is C16H16N2O6. The number of hydrogen-bond acceptors (Lipinski definition) is 7. The zero-order valence-electron chi connectivity index (χ0n) is 13.4. The van der Waals surface area contributed by atoms with Crippen LogP contribution in [0, 0.1) is 21.4 Å². The molecule has 1 aromatic carbocycles. The predicted molar refractivity (Wildman–Crippen MR) is 83.5 cm³/mol. The van der Waals surface area contributed by atoms with Gasteiger partial charge in [0.1, 0.15) is 11.7 Å². The molecule has 2 atom stereocenters. The molecule has 24 heavy (non-hydrogen) atoms. The van der Waals surface area contributed by atoms with E-state index in [1.54, 1.807) is 6.07 Å². The van der Waals surface area contributed by atoms with Crippen molar-refractivity contribution in [1.29, 1.82) is 5.41 Å². The maximum absolute atomic E-state index is 12.1.